The summed E-state index contributed by atoms with van der Waals surface area (Å²) in [7, 11) is 1.57. The normalized spacial score (nSPS) is 14.7. The second-order valence-corrected chi connectivity index (χ2v) is 6.38. The van der Waals surface area contributed by atoms with E-state index in [-0.39, 0.29) is 5.91 Å². The topological polar surface area (TPSA) is 67.3 Å². The minimum absolute atomic E-state index is 0.0416. The highest BCUT2D eigenvalue weighted by molar-refractivity contribution is 6.32. The number of rotatable bonds is 4. The average Bonchev–Trinajstić information content (AvgIpc) is 2.91. The van der Waals surface area contributed by atoms with Crippen molar-refractivity contribution in [2.75, 3.05) is 25.5 Å². The zero-order chi connectivity index (χ0) is 17.6. The molecule has 1 N–H and O–H groups in total. The summed E-state index contributed by atoms with van der Waals surface area (Å²) in [5, 5.41) is 3.65. The van der Waals surface area contributed by atoms with Crippen LogP contribution in [0, 0.1) is 0 Å². The van der Waals surface area contributed by atoms with Gasteiger partial charge in [-0.15, -0.1) is 0 Å². The summed E-state index contributed by atoms with van der Waals surface area (Å²) in [6, 6.07) is 7.03. The average molecular weight is 361 g/mol. The molecule has 7 heteroatoms. The van der Waals surface area contributed by atoms with E-state index in [4.69, 9.17) is 16.3 Å². The van der Waals surface area contributed by atoms with E-state index in [9.17, 15) is 4.79 Å². The predicted octanol–water partition coefficient (Wildman–Crippen LogP) is 3.90. The maximum atomic E-state index is 12.7. The maximum absolute atomic E-state index is 12.7. The molecule has 1 aliphatic heterocycles. The van der Waals surface area contributed by atoms with Gasteiger partial charge >= 0.3 is 0 Å². The van der Waals surface area contributed by atoms with E-state index in [1.165, 1.54) is 19.2 Å². The van der Waals surface area contributed by atoms with Crippen LogP contribution < -0.4 is 10.1 Å². The van der Waals surface area contributed by atoms with Crippen LogP contribution in [0.1, 0.15) is 36.2 Å². The molecule has 132 valence electrons. The summed E-state index contributed by atoms with van der Waals surface area (Å²) in [4.78, 5) is 22.9. The number of amides is 1. The fourth-order valence-corrected chi connectivity index (χ4v) is 3.13. The van der Waals surface area contributed by atoms with Gasteiger partial charge in [-0.05, 0) is 31.0 Å². The molecule has 1 aromatic heterocycles. The Balaban J connectivity index is 1.74. The van der Waals surface area contributed by atoms with Crippen LogP contribution in [0.15, 0.2) is 30.6 Å². The molecule has 0 atom stereocenters. The third kappa shape index (κ3) is 4.39. The van der Waals surface area contributed by atoms with Crippen molar-refractivity contribution in [2.24, 2.45) is 0 Å². The summed E-state index contributed by atoms with van der Waals surface area (Å²) in [6.45, 7) is 1.58. The number of carbonyl (C=O) groups excluding carboxylic acids is 1. The number of ether oxygens (including phenoxy) is 1. The summed E-state index contributed by atoms with van der Waals surface area (Å²) in [6.07, 6.45) is 5.86. The number of hydrogen-bond acceptors (Lipinski definition) is 5. The van der Waals surface area contributed by atoms with Crippen molar-refractivity contribution < 1.29 is 9.53 Å². The Labute approximate surface area is 152 Å². The molecule has 0 aliphatic carbocycles. The molecule has 1 aromatic carbocycles. The molecule has 6 nitrogen and oxygen atoms in total. The van der Waals surface area contributed by atoms with Crippen molar-refractivity contribution in [3.63, 3.8) is 0 Å². The van der Waals surface area contributed by atoms with Gasteiger partial charge in [0.05, 0.1) is 12.1 Å². The zero-order valence-corrected chi connectivity index (χ0v) is 14.9. The number of nitrogens with one attached hydrogen (secondary N) is 1. The molecule has 0 spiro atoms. The lowest BCUT2D eigenvalue weighted by molar-refractivity contribution is 0.0755. The first kappa shape index (κ1) is 17.5. The van der Waals surface area contributed by atoms with Crippen molar-refractivity contribution in [3.05, 3.63) is 41.3 Å². The Morgan fingerprint density at radius 3 is 2.60 bits per heavy atom. The molecule has 1 amide bonds. The lowest BCUT2D eigenvalue weighted by Crippen LogP contribution is -2.32. The highest BCUT2D eigenvalue weighted by atomic mass is 35.5. The minimum atomic E-state index is -0.0416. The lowest BCUT2D eigenvalue weighted by atomic mass is 10.2. The standard InChI is InChI=1S/C18H21ClN4O2/c1-25-16-7-6-13(10-14(16)19)22-17-11-15(20-12-21-17)18(24)23-8-4-2-3-5-9-23/h6-7,10-12H,2-5,8-9H2,1H3,(H,20,21,22). The van der Waals surface area contributed by atoms with Gasteiger partial charge in [-0.3, -0.25) is 4.79 Å². The Morgan fingerprint density at radius 2 is 1.92 bits per heavy atom. The van der Waals surface area contributed by atoms with Gasteiger partial charge in [0.25, 0.3) is 5.91 Å². The zero-order valence-electron chi connectivity index (χ0n) is 14.2. The van der Waals surface area contributed by atoms with Gasteiger partial charge in [0.2, 0.25) is 0 Å². The largest absolute Gasteiger partial charge is 0.495 e. The first-order chi connectivity index (χ1) is 12.2. The number of methoxy groups -OCH3 is 1. The number of nitrogens with zero attached hydrogens (tertiary/aromatic N) is 3. The molecule has 1 fully saturated rings. The third-order valence-electron chi connectivity index (χ3n) is 4.20. The number of halogens is 1. The molecule has 2 heterocycles. The van der Waals surface area contributed by atoms with E-state index in [0.29, 0.717) is 22.3 Å². The van der Waals surface area contributed by atoms with Gasteiger partial charge in [-0.2, -0.15) is 0 Å². The van der Waals surface area contributed by atoms with Crippen molar-refractivity contribution >= 4 is 29.0 Å². The van der Waals surface area contributed by atoms with E-state index in [1.807, 2.05) is 11.0 Å². The Bertz CT molecular complexity index is 746. The SMILES string of the molecule is COc1ccc(Nc2cc(C(=O)N3CCCCCC3)ncn2)cc1Cl. The van der Waals surface area contributed by atoms with Crippen LogP contribution >= 0.6 is 11.6 Å². The first-order valence-corrected chi connectivity index (χ1v) is 8.77. The van der Waals surface area contributed by atoms with Gasteiger partial charge in [0, 0.05) is 24.8 Å². The first-order valence-electron chi connectivity index (χ1n) is 8.39. The van der Waals surface area contributed by atoms with E-state index in [2.05, 4.69) is 15.3 Å². The van der Waals surface area contributed by atoms with Crippen LogP contribution in [0.5, 0.6) is 5.75 Å². The quantitative estimate of drug-likeness (QED) is 0.895. The van der Waals surface area contributed by atoms with Crippen molar-refractivity contribution in [1.29, 1.82) is 0 Å². The highest BCUT2D eigenvalue weighted by Crippen LogP contribution is 2.28. The van der Waals surface area contributed by atoms with E-state index >= 15 is 0 Å². The van der Waals surface area contributed by atoms with Gasteiger partial charge in [0.1, 0.15) is 23.6 Å². The summed E-state index contributed by atoms with van der Waals surface area (Å²) < 4.78 is 5.14. The molecule has 3 rings (SSSR count). The number of benzene rings is 1. The Hall–Kier alpha value is -2.34. The molecular weight excluding hydrogens is 340 g/mol. The number of likely N-dealkylation sites (tertiary alicyclic amines) is 1. The lowest BCUT2D eigenvalue weighted by Gasteiger charge is -2.19. The smallest absolute Gasteiger partial charge is 0.272 e. The summed E-state index contributed by atoms with van der Waals surface area (Å²) in [5.74, 6) is 1.11. The second-order valence-electron chi connectivity index (χ2n) is 5.97. The molecule has 0 bridgehead atoms. The Morgan fingerprint density at radius 1 is 1.16 bits per heavy atom. The number of aromatic nitrogens is 2. The molecular formula is C18H21ClN4O2. The van der Waals surface area contributed by atoms with E-state index in [0.717, 1.165) is 31.6 Å². The van der Waals surface area contributed by atoms with Gasteiger partial charge in [-0.25, -0.2) is 9.97 Å². The molecule has 25 heavy (non-hydrogen) atoms. The third-order valence-corrected chi connectivity index (χ3v) is 4.50. The Kier molecular flexibility index (Phi) is 5.71. The van der Waals surface area contributed by atoms with E-state index in [1.54, 1.807) is 25.3 Å². The molecule has 1 aliphatic rings. The highest BCUT2D eigenvalue weighted by Gasteiger charge is 2.19. The molecule has 0 radical (unpaired) electrons. The van der Waals surface area contributed by atoms with Crippen molar-refractivity contribution in [2.45, 2.75) is 25.7 Å². The van der Waals surface area contributed by atoms with Crippen molar-refractivity contribution in [3.8, 4) is 5.75 Å². The molecule has 1 saturated heterocycles. The van der Waals surface area contributed by atoms with Crippen LogP contribution in [0.2, 0.25) is 5.02 Å². The van der Waals surface area contributed by atoms with Crippen LogP contribution in [0.3, 0.4) is 0 Å². The second kappa shape index (κ2) is 8.16. The van der Waals surface area contributed by atoms with Gasteiger partial charge in [0.15, 0.2) is 0 Å². The predicted molar refractivity (Wildman–Crippen MR) is 97.7 cm³/mol. The number of anilines is 2. The molecule has 2 aromatic rings. The van der Waals surface area contributed by atoms with Crippen LogP contribution in [0.25, 0.3) is 0 Å². The van der Waals surface area contributed by atoms with E-state index < -0.39 is 0 Å². The minimum Gasteiger partial charge on any atom is -0.495 e. The fourth-order valence-electron chi connectivity index (χ4n) is 2.87. The van der Waals surface area contributed by atoms with Crippen LogP contribution in [-0.4, -0.2) is 41.0 Å². The maximum Gasteiger partial charge on any atom is 0.272 e. The summed E-state index contributed by atoms with van der Waals surface area (Å²) in [5.41, 5.74) is 1.16. The molecule has 0 unspecified atom stereocenters. The van der Waals surface area contributed by atoms with Gasteiger partial charge < -0.3 is 15.0 Å². The number of carbonyl (C=O) groups is 1. The van der Waals surface area contributed by atoms with Crippen molar-refractivity contribution in [1.82, 2.24) is 14.9 Å². The van der Waals surface area contributed by atoms with Gasteiger partial charge in [-0.1, -0.05) is 24.4 Å². The molecule has 0 saturated carbocycles. The number of hydrogen-bond donors (Lipinski definition) is 1. The summed E-state index contributed by atoms with van der Waals surface area (Å²) >= 11 is 6.14. The fraction of sp³-hybridized carbons (Fsp3) is 0.389. The van der Waals surface area contributed by atoms with Crippen LogP contribution in [-0.2, 0) is 0 Å². The monoisotopic (exact) mass is 360 g/mol. The van der Waals surface area contributed by atoms with Crippen LogP contribution in [0.4, 0.5) is 11.5 Å².